The molecular weight excluding hydrogens is 318 g/mol. The van der Waals surface area contributed by atoms with Crippen molar-refractivity contribution in [2.24, 2.45) is 7.05 Å². The van der Waals surface area contributed by atoms with E-state index in [1.807, 2.05) is 7.05 Å². The monoisotopic (exact) mass is 329 g/mol. The molecule has 0 radical (unpaired) electrons. The van der Waals surface area contributed by atoms with Gasteiger partial charge in [-0.15, -0.1) is 0 Å². The van der Waals surface area contributed by atoms with Crippen LogP contribution in [0.15, 0.2) is 42.9 Å². The van der Waals surface area contributed by atoms with Crippen LogP contribution in [0, 0.1) is 0 Å². The Bertz CT molecular complexity index is 861. The van der Waals surface area contributed by atoms with Gasteiger partial charge in [0.2, 0.25) is 5.95 Å². The third-order valence-corrected chi connectivity index (χ3v) is 3.39. The molecule has 0 aliphatic rings. The number of rotatable bonds is 4. The predicted molar refractivity (Wildman–Crippen MR) is 85.9 cm³/mol. The molecule has 2 N–H and O–H groups in total. The molecule has 0 unspecified atom stereocenters. The summed E-state index contributed by atoms with van der Waals surface area (Å²) < 4.78 is 1.66. The topological polar surface area (TPSA) is 92.9 Å². The maximum absolute atomic E-state index is 10.9. The van der Waals surface area contributed by atoms with Crippen molar-refractivity contribution in [1.29, 1.82) is 0 Å². The maximum Gasteiger partial charge on any atom is 0.335 e. The number of nitrogens with zero attached hydrogens (tertiary/aromatic N) is 4. The lowest BCUT2D eigenvalue weighted by atomic mass is 10.1. The van der Waals surface area contributed by atoms with Crippen LogP contribution in [0.5, 0.6) is 0 Å². The van der Waals surface area contributed by atoms with Crippen molar-refractivity contribution in [3.63, 3.8) is 0 Å². The molecule has 3 aromatic rings. The Balaban J connectivity index is 1.92. The number of nitrogens with one attached hydrogen (secondary N) is 1. The van der Waals surface area contributed by atoms with Crippen LogP contribution in [0.4, 0.5) is 11.6 Å². The maximum atomic E-state index is 10.9. The van der Waals surface area contributed by atoms with Gasteiger partial charge in [-0.05, 0) is 12.1 Å². The predicted octanol–water partition coefficient (Wildman–Crippen LogP) is 2.97. The van der Waals surface area contributed by atoms with E-state index in [0.717, 1.165) is 5.69 Å². The first-order valence-electron chi connectivity index (χ1n) is 6.65. The Labute approximate surface area is 136 Å². The number of aromatic carboxylic acids is 1. The number of aromatic nitrogens is 4. The summed E-state index contributed by atoms with van der Waals surface area (Å²) in [7, 11) is 1.81. The normalized spacial score (nSPS) is 10.5. The molecule has 116 valence electrons. The fourth-order valence-corrected chi connectivity index (χ4v) is 2.22. The summed E-state index contributed by atoms with van der Waals surface area (Å²) in [5.74, 6) is -0.607. The third-order valence-electron chi connectivity index (χ3n) is 3.11. The number of anilines is 2. The first-order chi connectivity index (χ1) is 11.0. The minimum absolute atomic E-state index is 0.202. The molecule has 0 saturated carbocycles. The molecule has 8 heteroatoms. The number of carbonyl (C=O) groups is 1. The van der Waals surface area contributed by atoms with E-state index in [2.05, 4.69) is 20.4 Å². The van der Waals surface area contributed by atoms with Crippen molar-refractivity contribution in [1.82, 2.24) is 19.7 Å². The van der Waals surface area contributed by atoms with Crippen molar-refractivity contribution in [3.8, 4) is 11.3 Å². The van der Waals surface area contributed by atoms with Gasteiger partial charge < -0.3 is 10.4 Å². The molecule has 7 nitrogen and oxygen atoms in total. The van der Waals surface area contributed by atoms with Crippen molar-refractivity contribution >= 4 is 29.2 Å². The Kier molecular flexibility index (Phi) is 3.94. The first-order valence-corrected chi connectivity index (χ1v) is 7.02. The number of halogens is 1. The Morgan fingerprint density at radius 1 is 1.26 bits per heavy atom. The molecule has 23 heavy (non-hydrogen) atoms. The Morgan fingerprint density at radius 3 is 2.61 bits per heavy atom. The van der Waals surface area contributed by atoms with Crippen LogP contribution in [0.25, 0.3) is 11.3 Å². The average Bonchev–Trinajstić information content (AvgIpc) is 2.94. The lowest BCUT2D eigenvalue weighted by Gasteiger charge is -2.07. The zero-order valence-electron chi connectivity index (χ0n) is 12.1. The molecule has 2 heterocycles. The van der Waals surface area contributed by atoms with E-state index in [1.165, 1.54) is 18.3 Å². The average molecular weight is 330 g/mol. The SMILES string of the molecule is Cn1cc(Nc2ncc(Cl)c(-c3ccc(C(=O)O)cc3)n2)cn1. The summed E-state index contributed by atoms with van der Waals surface area (Å²) in [6, 6.07) is 6.33. The Morgan fingerprint density at radius 2 is 2.00 bits per heavy atom. The van der Waals surface area contributed by atoms with E-state index in [0.29, 0.717) is 22.2 Å². The third kappa shape index (κ3) is 3.29. The van der Waals surface area contributed by atoms with E-state index < -0.39 is 5.97 Å². The largest absolute Gasteiger partial charge is 0.478 e. The van der Waals surface area contributed by atoms with Crippen LogP contribution in [-0.2, 0) is 7.05 Å². The number of carboxylic acids is 1. The lowest BCUT2D eigenvalue weighted by molar-refractivity contribution is 0.0697. The number of benzene rings is 1. The van der Waals surface area contributed by atoms with Crippen molar-refractivity contribution in [2.45, 2.75) is 0 Å². The second kappa shape index (κ2) is 6.05. The number of hydrogen-bond donors (Lipinski definition) is 2. The van der Waals surface area contributed by atoms with Gasteiger partial charge in [-0.25, -0.2) is 14.8 Å². The lowest BCUT2D eigenvalue weighted by Crippen LogP contribution is -1.99. The van der Waals surface area contributed by atoms with Gasteiger partial charge in [0.25, 0.3) is 0 Å². The summed E-state index contributed by atoms with van der Waals surface area (Å²) in [6.45, 7) is 0. The van der Waals surface area contributed by atoms with Gasteiger partial charge in [-0.3, -0.25) is 4.68 Å². The van der Waals surface area contributed by atoms with E-state index in [9.17, 15) is 4.79 Å². The van der Waals surface area contributed by atoms with Crippen LogP contribution in [-0.4, -0.2) is 30.8 Å². The molecular formula is C15H12ClN5O2. The fraction of sp³-hybridized carbons (Fsp3) is 0.0667. The van der Waals surface area contributed by atoms with E-state index in [-0.39, 0.29) is 5.56 Å². The highest BCUT2D eigenvalue weighted by molar-refractivity contribution is 6.32. The quantitative estimate of drug-likeness (QED) is 0.764. The molecule has 1 aromatic carbocycles. The number of aryl methyl sites for hydroxylation is 1. The van der Waals surface area contributed by atoms with Gasteiger partial charge in [-0.1, -0.05) is 23.7 Å². The fourth-order valence-electron chi connectivity index (χ4n) is 2.02. The van der Waals surface area contributed by atoms with Gasteiger partial charge in [0.1, 0.15) is 0 Å². The minimum Gasteiger partial charge on any atom is -0.478 e. The van der Waals surface area contributed by atoms with Crippen LogP contribution >= 0.6 is 11.6 Å². The molecule has 0 saturated heterocycles. The highest BCUT2D eigenvalue weighted by atomic mass is 35.5. The Hall–Kier alpha value is -2.93. The van der Waals surface area contributed by atoms with Crippen molar-refractivity contribution in [2.75, 3.05) is 5.32 Å². The molecule has 0 atom stereocenters. The summed E-state index contributed by atoms with van der Waals surface area (Å²) >= 11 is 6.15. The smallest absolute Gasteiger partial charge is 0.335 e. The van der Waals surface area contributed by atoms with Crippen LogP contribution in [0.3, 0.4) is 0 Å². The van der Waals surface area contributed by atoms with E-state index in [4.69, 9.17) is 16.7 Å². The van der Waals surface area contributed by atoms with Crippen molar-refractivity contribution in [3.05, 3.63) is 53.4 Å². The minimum atomic E-state index is -0.982. The highest BCUT2D eigenvalue weighted by Crippen LogP contribution is 2.27. The standard InChI is InChI=1S/C15H12ClN5O2/c1-21-8-11(6-18-21)19-15-17-7-12(16)13(20-15)9-2-4-10(5-3-9)14(22)23/h2-8H,1H3,(H,22,23)(H,17,19,20). The van der Waals surface area contributed by atoms with Gasteiger partial charge in [0.05, 0.1) is 34.4 Å². The molecule has 3 rings (SSSR count). The van der Waals surface area contributed by atoms with Crippen LogP contribution in [0.1, 0.15) is 10.4 Å². The highest BCUT2D eigenvalue weighted by Gasteiger charge is 2.10. The second-order valence-electron chi connectivity index (χ2n) is 4.80. The summed E-state index contributed by atoms with van der Waals surface area (Å²) in [6.07, 6.45) is 4.94. The summed E-state index contributed by atoms with van der Waals surface area (Å²) in [5.41, 5.74) is 2.18. The zero-order chi connectivity index (χ0) is 16.4. The molecule has 0 aliphatic heterocycles. The zero-order valence-corrected chi connectivity index (χ0v) is 12.8. The van der Waals surface area contributed by atoms with Gasteiger partial charge in [0.15, 0.2) is 0 Å². The molecule has 0 bridgehead atoms. The molecule has 0 aliphatic carbocycles. The summed E-state index contributed by atoms with van der Waals surface area (Å²) in [4.78, 5) is 19.4. The number of hydrogen-bond acceptors (Lipinski definition) is 5. The molecule has 0 amide bonds. The molecule has 0 spiro atoms. The van der Waals surface area contributed by atoms with Gasteiger partial charge >= 0.3 is 5.97 Å². The molecule has 0 fully saturated rings. The van der Waals surface area contributed by atoms with E-state index in [1.54, 1.807) is 29.2 Å². The first kappa shape index (κ1) is 15.0. The van der Waals surface area contributed by atoms with Gasteiger partial charge in [-0.2, -0.15) is 5.10 Å². The van der Waals surface area contributed by atoms with Crippen LogP contribution in [0.2, 0.25) is 5.02 Å². The van der Waals surface area contributed by atoms with E-state index >= 15 is 0 Å². The summed E-state index contributed by atoms with van der Waals surface area (Å²) in [5, 5.41) is 16.4. The van der Waals surface area contributed by atoms with Gasteiger partial charge in [0, 0.05) is 18.8 Å². The number of carboxylic acid groups (broad SMARTS) is 1. The second-order valence-corrected chi connectivity index (χ2v) is 5.21. The van der Waals surface area contributed by atoms with Crippen LogP contribution < -0.4 is 5.32 Å². The van der Waals surface area contributed by atoms with Crippen molar-refractivity contribution < 1.29 is 9.90 Å². The molecule has 2 aromatic heterocycles.